The molecule has 1 aromatic rings. The molecule has 1 fully saturated rings. The molecule has 0 amide bonds. The molecule has 1 aliphatic heterocycles. The Labute approximate surface area is 126 Å². The van der Waals surface area contributed by atoms with E-state index in [1.807, 2.05) is 6.92 Å². The Morgan fingerprint density at radius 3 is 2.33 bits per heavy atom. The number of nitrogens with one attached hydrogen (secondary N) is 1. The highest BCUT2D eigenvalue weighted by Crippen LogP contribution is 2.20. The maximum atomic E-state index is 13.3. The number of benzene rings is 1. The van der Waals surface area contributed by atoms with Crippen LogP contribution in [-0.4, -0.2) is 30.6 Å². The Morgan fingerprint density at radius 2 is 1.76 bits per heavy atom. The first-order chi connectivity index (χ1) is 9.99. The fraction of sp³-hybridized carbons (Fsp3) is 0.647. The van der Waals surface area contributed by atoms with Crippen molar-refractivity contribution in [2.75, 3.05) is 19.6 Å². The van der Waals surface area contributed by atoms with Crippen LogP contribution in [0.15, 0.2) is 18.2 Å². The van der Waals surface area contributed by atoms with Crippen LogP contribution in [0.25, 0.3) is 0 Å². The van der Waals surface area contributed by atoms with Gasteiger partial charge in [0, 0.05) is 18.6 Å². The quantitative estimate of drug-likeness (QED) is 0.860. The first-order valence-corrected chi connectivity index (χ1v) is 7.91. The third kappa shape index (κ3) is 4.24. The zero-order valence-corrected chi connectivity index (χ0v) is 13.2. The van der Waals surface area contributed by atoms with Gasteiger partial charge in [0.15, 0.2) is 11.6 Å². The predicted octanol–water partition coefficient (Wildman–Crippen LogP) is 3.74. The van der Waals surface area contributed by atoms with Gasteiger partial charge in [0.25, 0.3) is 0 Å². The van der Waals surface area contributed by atoms with Crippen LogP contribution in [0.1, 0.15) is 45.2 Å². The van der Waals surface area contributed by atoms with Crippen LogP contribution in [-0.2, 0) is 0 Å². The number of hydrogen-bond donors (Lipinski definition) is 1. The lowest BCUT2D eigenvalue weighted by atomic mass is 10.0. The van der Waals surface area contributed by atoms with Gasteiger partial charge >= 0.3 is 0 Å². The van der Waals surface area contributed by atoms with E-state index in [2.05, 4.69) is 24.1 Å². The molecule has 1 aromatic carbocycles. The lowest BCUT2D eigenvalue weighted by molar-refractivity contribution is 0.183. The van der Waals surface area contributed by atoms with Crippen molar-refractivity contribution in [1.29, 1.82) is 0 Å². The van der Waals surface area contributed by atoms with Crippen LogP contribution >= 0.6 is 0 Å². The van der Waals surface area contributed by atoms with Crippen molar-refractivity contribution in [3.8, 4) is 0 Å². The molecule has 2 unspecified atom stereocenters. The normalized spacial score (nSPS) is 19.1. The predicted molar refractivity (Wildman–Crippen MR) is 82.2 cm³/mol. The Balaban J connectivity index is 1.94. The molecule has 1 heterocycles. The number of hydrogen-bond acceptors (Lipinski definition) is 2. The molecule has 4 heteroatoms. The fourth-order valence-corrected chi connectivity index (χ4v) is 3.06. The van der Waals surface area contributed by atoms with Gasteiger partial charge in [-0.2, -0.15) is 0 Å². The second-order valence-corrected chi connectivity index (χ2v) is 6.36. The van der Waals surface area contributed by atoms with Crippen LogP contribution in [0.3, 0.4) is 0 Å². The first-order valence-electron chi connectivity index (χ1n) is 7.91. The number of nitrogens with zero attached hydrogens (tertiary/aromatic N) is 1. The Hall–Kier alpha value is -1.00. The largest absolute Gasteiger partial charge is 0.309 e. The summed E-state index contributed by atoms with van der Waals surface area (Å²) in [5.41, 5.74) is 0.790. The summed E-state index contributed by atoms with van der Waals surface area (Å²) >= 11 is 0. The standard InChI is InChI=1S/C17H26F2N2/c1-12(2)17(21-8-4-5-9-21)11-20-13(3)14-6-7-15(18)16(19)10-14/h6-7,10,12-13,17,20H,4-5,8-9,11H2,1-3H3. The van der Waals surface area contributed by atoms with Gasteiger partial charge in [0.1, 0.15) is 0 Å². The molecule has 2 atom stereocenters. The molecule has 2 nitrogen and oxygen atoms in total. The van der Waals surface area contributed by atoms with Gasteiger partial charge in [0.2, 0.25) is 0 Å². The fourth-order valence-electron chi connectivity index (χ4n) is 3.06. The summed E-state index contributed by atoms with van der Waals surface area (Å²) in [6, 6.07) is 4.65. The van der Waals surface area contributed by atoms with Crippen molar-refractivity contribution < 1.29 is 8.78 Å². The van der Waals surface area contributed by atoms with Gasteiger partial charge in [-0.15, -0.1) is 0 Å². The summed E-state index contributed by atoms with van der Waals surface area (Å²) in [6.07, 6.45) is 2.56. The summed E-state index contributed by atoms with van der Waals surface area (Å²) in [5, 5.41) is 3.47. The Morgan fingerprint density at radius 1 is 1.10 bits per heavy atom. The van der Waals surface area contributed by atoms with E-state index in [0.717, 1.165) is 12.1 Å². The summed E-state index contributed by atoms with van der Waals surface area (Å²) in [4.78, 5) is 2.54. The number of rotatable bonds is 6. The number of halogens is 2. The number of likely N-dealkylation sites (tertiary alicyclic amines) is 1. The Bertz CT molecular complexity index is 456. The van der Waals surface area contributed by atoms with E-state index in [1.54, 1.807) is 6.07 Å². The lowest BCUT2D eigenvalue weighted by Gasteiger charge is -2.32. The van der Waals surface area contributed by atoms with E-state index in [1.165, 1.54) is 38.1 Å². The molecule has 0 saturated carbocycles. The van der Waals surface area contributed by atoms with Crippen LogP contribution < -0.4 is 5.32 Å². The van der Waals surface area contributed by atoms with Crippen LogP contribution in [0.5, 0.6) is 0 Å². The molecule has 1 N–H and O–H groups in total. The monoisotopic (exact) mass is 296 g/mol. The highest BCUT2D eigenvalue weighted by molar-refractivity contribution is 5.20. The minimum Gasteiger partial charge on any atom is -0.309 e. The molecule has 118 valence electrons. The van der Waals surface area contributed by atoms with Crippen molar-refractivity contribution in [2.24, 2.45) is 5.92 Å². The highest BCUT2D eigenvalue weighted by Gasteiger charge is 2.24. The summed E-state index contributed by atoms with van der Waals surface area (Å²) in [6.45, 7) is 9.69. The van der Waals surface area contributed by atoms with Crippen LogP contribution in [0.2, 0.25) is 0 Å². The average molecular weight is 296 g/mol. The molecule has 0 spiro atoms. The molecular formula is C17H26F2N2. The average Bonchev–Trinajstić information content (AvgIpc) is 2.95. The molecular weight excluding hydrogens is 270 g/mol. The molecule has 1 aliphatic rings. The molecule has 21 heavy (non-hydrogen) atoms. The van der Waals surface area contributed by atoms with Gasteiger partial charge < -0.3 is 5.32 Å². The minimum atomic E-state index is -0.789. The van der Waals surface area contributed by atoms with Crippen LogP contribution in [0.4, 0.5) is 8.78 Å². The van der Waals surface area contributed by atoms with E-state index < -0.39 is 11.6 Å². The van der Waals surface area contributed by atoms with Crippen LogP contribution in [0, 0.1) is 17.6 Å². The van der Waals surface area contributed by atoms with E-state index in [-0.39, 0.29) is 6.04 Å². The van der Waals surface area contributed by atoms with Crippen molar-refractivity contribution >= 4 is 0 Å². The third-order valence-electron chi connectivity index (χ3n) is 4.46. The van der Waals surface area contributed by atoms with Crippen molar-refractivity contribution in [1.82, 2.24) is 10.2 Å². The second-order valence-electron chi connectivity index (χ2n) is 6.36. The molecule has 0 bridgehead atoms. The van der Waals surface area contributed by atoms with Gasteiger partial charge in [-0.05, 0) is 56.5 Å². The van der Waals surface area contributed by atoms with E-state index in [4.69, 9.17) is 0 Å². The summed E-state index contributed by atoms with van der Waals surface area (Å²) in [7, 11) is 0. The first kappa shape index (κ1) is 16.4. The maximum absolute atomic E-state index is 13.3. The smallest absolute Gasteiger partial charge is 0.159 e. The maximum Gasteiger partial charge on any atom is 0.159 e. The van der Waals surface area contributed by atoms with E-state index in [0.29, 0.717) is 12.0 Å². The lowest BCUT2D eigenvalue weighted by Crippen LogP contribution is -2.44. The SMILES string of the molecule is CC(NCC(C(C)C)N1CCCC1)c1ccc(F)c(F)c1. The molecule has 2 rings (SSSR count). The zero-order valence-electron chi connectivity index (χ0n) is 13.2. The van der Waals surface area contributed by atoms with Gasteiger partial charge in [-0.25, -0.2) is 8.78 Å². The second kappa shape index (κ2) is 7.32. The molecule has 0 aromatic heterocycles. The van der Waals surface area contributed by atoms with Gasteiger partial charge in [-0.3, -0.25) is 4.90 Å². The minimum absolute atomic E-state index is 0.0175. The molecule has 0 aliphatic carbocycles. The summed E-state index contributed by atoms with van der Waals surface area (Å²) < 4.78 is 26.3. The highest BCUT2D eigenvalue weighted by atomic mass is 19.2. The third-order valence-corrected chi connectivity index (χ3v) is 4.46. The Kier molecular flexibility index (Phi) is 5.71. The van der Waals surface area contributed by atoms with E-state index in [9.17, 15) is 8.78 Å². The topological polar surface area (TPSA) is 15.3 Å². The van der Waals surface area contributed by atoms with Crippen molar-refractivity contribution in [3.05, 3.63) is 35.4 Å². The van der Waals surface area contributed by atoms with Gasteiger partial charge in [-0.1, -0.05) is 19.9 Å². The van der Waals surface area contributed by atoms with Crippen molar-refractivity contribution in [2.45, 2.75) is 45.7 Å². The van der Waals surface area contributed by atoms with Gasteiger partial charge in [0.05, 0.1) is 0 Å². The van der Waals surface area contributed by atoms with Crippen molar-refractivity contribution in [3.63, 3.8) is 0 Å². The summed E-state index contributed by atoms with van der Waals surface area (Å²) in [5.74, 6) is -0.989. The zero-order chi connectivity index (χ0) is 15.4. The molecule has 1 saturated heterocycles. The molecule has 0 radical (unpaired) electrons. The van der Waals surface area contributed by atoms with E-state index >= 15 is 0 Å².